The summed E-state index contributed by atoms with van der Waals surface area (Å²) in [5, 5.41) is 4.15. The van der Waals surface area contributed by atoms with Crippen LogP contribution in [0.2, 0.25) is 0 Å². The van der Waals surface area contributed by atoms with Gasteiger partial charge in [-0.1, -0.05) is 67.8 Å². The van der Waals surface area contributed by atoms with Crippen LogP contribution in [0.25, 0.3) is 22.2 Å². The number of fused-ring (bicyclic) bond motifs is 1. The summed E-state index contributed by atoms with van der Waals surface area (Å²) in [6.45, 7) is 2.40. The fourth-order valence-electron chi connectivity index (χ4n) is 4.58. The molecule has 4 rings (SSSR count). The molecule has 0 saturated heterocycles. The van der Waals surface area contributed by atoms with Gasteiger partial charge in [0.2, 0.25) is 0 Å². The number of aromatic nitrogens is 1. The minimum absolute atomic E-state index is 0.0423. The highest BCUT2D eigenvalue weighted by Gasteiger charge is 2.25. The summed E-state index contributed by atoms with van der Waals surface area (Å²) in [7, 11) is 0. The van der Waals surface area contributed by atoms with Gasteiger partial charge in [0.15, 0.2) is 0 Å². The van der Waals surface area contributed by atoms with E-state index < -0.39 is 0 Å². The number of carbonyl (C=O) groups excluding carboxylic acids is 1. The Morgan fingerprint density at radius 1 is 1.07 bits per heavy atom. The van der Waals surface area contributed by atoms with E-state index in [1.54, 1.807) is 0 Å². The summed E-state index contributed by atoms with van der Waals surface area (Å²) in [4.78, 5) is 18.3. The minimum atomic E-state index is -0.0423. The van der Waals surface area contributed by atoms with E-state index in [-0.39, 0.29) is 18.5 Å². The van der Waals surface area contributed by atoms with Gasteiger partial charge in [0, 0.05) is 29.1 Å². The summed E-state index contributed by atoms with van der Waals surface area (Å²) in [5.74, 6) is 0.509. The Bertz CT molecular complexity index is 994. The zero-order chi connectivity index (χ0) is 20.2. The number of hydrogen-bond donors (Lipinski definition) is 2. The fraction of sp³-hybridized carbons (Fsp3) is 0.360. The normalized spacial score (nSPS) is 15.9. The molecule has 0 radical (unpaired) electrons. The average molecular weight is 388 g/mol. The van der Waals surface area contributed by atoms with Crippen LogP contribution in [0.5, 0.6) is 0 Å². The second-order valence-electron chi connectivity index (χ2n) is 8.06. The van der Waals surface area contributed by atoms with Crippen LogP contribution in [0.3, 0.4) is 0 Å². The molecule has 0 spiro atoms. The van der Waals surface area contributed by atoms with Gasteiger partial charge in [0.25, 0.3) is 5.91 Å². The van der Waals surface area contributed by atoms with Crippen LogP contribution in [0, 0.1) is 5.92 Å². The van der Waals surface area contributed by atoms with Gasteiger partial charge >= 0.3 is 0 Å². The molecule has 1 atom stereocenters. The topological polar surface area (TPSA) is 68.0 Å². The maximum atomic E-state index is 13.5. The molecule has 1 aromatic heterocycles. The maximum Gasteiger partial charge on any atom is 0.252 e. The molecular formula is C25H29N3O. The highest BCUT2D eigenvalue weighted by atomic mass is 16.1. The van der Waals surface area contributed by atoms with Gasteiger partial charge in [-0.15, -0.1) is 0 Å². The minimum Gasteiger partial charge on any atom is -0.349 e. The number of nitrogens with one attached hydrogen (secondary N) is 1. The Morgan fingerprint density at radius 3 is 2.48 bits per heavy atom. The number of hydrogen-bond acceptors (Lipinski definition) is 3. The summed E-state index contributed by atoms with van der Waals surface area (Å²) >= 11 is 0. The van der Waals surface area contributed by atoms with Gasteiger partial charge in [-0.25, -0.2) is 4.98 Å². The number of nitrogens with zero attached hydrogens (tertiary/aromatic N) is 1. The van der Waals surface area contributed by atoms with Gasteiger partial charge in [0.1, 0.15) is 0 Å². The smallest absolute Gasteiger partial charge is 0.252 e. The van der Waals surface area contributed by atoms with E-state index in [1.165, 1.54) is 32.1 Å². The van der Waals surface area contributed by atoms with Crippen molar-refractivity contribution in [1.82, 2.24) is 10.3 Å². The Balaban J connectivity index is 1.78. The summed E-state index contributed by atoms with van der Waals surface area (Å²) in [6, 6.07) is 18.0. The summed E-state index contributed by atoms with van der Waals surface area (Å²) in [6.07, 6.45) is 6.21. The monoisotopic (exact) mass is 387 g/mol. The predicted octanol–water partition coefficient (Wildman–Crippen LogP) is 5.06. The van der Waals surface area contributed by atoms with Gasteiger partial charge in [-0.3, -0.25) is 4.79 Å². The van der Waals surface area contributed by atoms with E-state index in [0.717, 1.165) is 27.7 Å². The zero-order valence-corrected chi connectivity index (χ0v) is 17.0. The third-order valence-electron chi connectivity index (χ3n) is 6.19. The van der Waals surface area contributed by atoms with Crippen molar-refractivity contribution in [2.45, 2.75) is 51.6 Å². The number of nitrogens with two attached hydrogens (primary N) is 1. The van der Waals surface area contributed by atoms with E-state index in [0.29, 0.717) is 11.5 Å². The Labute approximate surface area is 172 Å². The van der Waals surface area contributed by atoms with Crippen LogP contribution in [-0.2, 0) is 6.54 Å². The molecule has 4 nitrogen and oxygen atoms in total. The molecule has 1 heterocycles. The SMILES string of the molecule is C[C@H](NC(=O)c1c(CN)c(-c2ccccc2)nc2ccccc12)C1CCCCC1. The number of rotatable bonds is 5. The summed E-state index contributed by atoms with van der Waals surface area (Å²) in [5.41, 5.74) is 10.2. The molecule has 0 unspecified atom stereocenters. The Hall–Kier alpha value is -2.72. The van der Waals surface area contributed by atoms with Crippen molar-refractivity contribution >= 4 is 16.8 Å². The van der Waals surface area contributed by atoms with E-state index in [1.807, 2.05) is 54.6 Å². The second-order valence-corrected chi connectivity index (χ2v) is 8.06. The Kier molecular flexibility index (Phi) is 5.91. The highest BCUT2D eigenvalue weighted by molar-refractivity contribution is 6.09. The lowest BCUT2D eigenvalue weighted by Crippen LogP contribution is -2.39. The largest absolute Gasteiger partial charge is 0.349 e. The lowest BCUT2D eigenvalue weighted by atomic mass is 9.84. The van der Waals surface area contributed by atoms with E-state index in [2.05, 4.69) is 12.2 Å². The first-order valence-corrected chi connectivity index (χ1v) is 10.7. The van der Waals surface area contributed by atoms with Crippen LogP contribution in [-0.4, -0.2) is 16.9 Å². The molecule has 150 valence electrons. The lowest BCUT2D eigenvalue weighted by molar-refractivity contribution is 0.0920. The van der Waals surface area contributed by atoms with Crippen molar-refractivity contribution in [3.63, 3.8) is 0 Å². The maximum absolute atomic E-state index is 13.5. The van der Waals surface area contributed by atoms with Crippen LogP contribution >= 0.6 is 0 Å². The number of amides is 1. The molecule has 1 saturated carbocycles. The number of para-hydroxylation sites is 1. The Morgan fingerprint density at radius 2 is 1.76 bits per heavy atom. The molecule has 1 amide bonds. The predicted molar refractivity (Wildman–Crippen MR) is 119 cm³/mol. The number of pyridine rings is 1. The van der Waals surface area contributed by atoms with Gasteiger partial charge in [-0.05, 0) is 31.7 Å². The first kappa shape index (κ1) is 19.6. The van der Waals surface area contributed by atoms with Crippen LogP contribution in [0.15, 0.2) is 54.6 Å². The standard InChI is InChI=1S/C25H29N3O/c1-17(18-10-4-2-5-11-18)27-25(29)23-20-14-8-9-15-22(20)28-24(21(23)16-26)19-12-6-3-7-13-19/h3,6-9,12-15,17-18H,2,4-5,10-11,16,26H2,1H3,(H,27,29)/t17-/m0/s1. The van der Waals surface area contributed by atoms with E-state index in [9.17, 15) is 4.79 Å². The molecule has 1 aliphatic rings. The number of carbonyl (C=O) groups is 1. The molecule has 0 aliphatic heterocycles. The fourth-order valence-corrected chi connectivity index (χ4v) is 4.58. The molecule has 29 heavy (non-hydrogen) atoms. The van der Waals surface area contributed by atoms with Crippen molar-refractivity contribution in [3.8, 4) is 11.3 Å². The number of benzene rings is 2. The van der Waals surface area contributed by atoms with Crippen molar-refractivity contribution < 1.29 is 4.79 Å². The van der Waals surface area contributed by atoms with Gasteiger partial charge in [-0.2, -0.15) is 0 Å². The van der Waals surface area contributed by atoms with Gasteiger partial charge in [0.05, 0.1) is 16.8 Å². The van der Waals surface area contributed by atoms with E-state index >= 15 is 0 Å². The van der Waals surface area contributed by atoms with Crippen molar-refractivity contribution in [2.75, 3.05) is 0 Å². The molecule has 4 heteroatoms. The van der Waals surface area contributed by atoms with Crippen molar-refractivity contribution in [2.24, 2.45) is 11.7 Å². The zero-order valence-electron chi connectivity index (χ0n) is 17.0. The van der Waals surface area contributed by atoms with Crippen LogP contribution in [0.1, 0.15) is 54.9 Å². The highest BCUT2D eigenvalue weighted by Crippen LogP contribution is 2.31. The van der Waals surface area contributed by atoms with Crippen molar-refractivity contribution in [3.05, 3.63) is 65.7 Å². The third-order valence-corrected chi connectivity index (χ3v) is 6.19. The van der Waals surface area contributed by atoms with Gasteiger partial charge < -0.3 is 11.1 Å². The first-order valence-electron chi connectivity index (χ1n) is 10.7. The summed E-state index contributed by atoms with van der Waals surface area (Å²) < 4.78 is 0. The third kappa shape index (κ3) is 4.03. The second kappa shape index (κ2) is 8.75. The molecule has 1 aliphatic carbocycles. The lowest BCUT2D eigenvalue weighted by Gasteiger charge is -2.28. The van der Waals surface area contributed by atoms with Crippen LogP contribution in [0.4, 0.5) is 0 Å². The molecule has 3 aromatic rings. The molecule has 3 N–H and O–H groups in total. The van der Waals surface area contributed by atoms with Crippen molar-refractivity contribution in [1.29, 1.82) is 0 Å². The van der Waals surface area contributed by atoms with Crippen LogP contribution < -0.4 is 11.1 Å². The average Bonchev–Trinajstić information content (AvgIpc) is 2.78. The molecule has 2 aromatic carbocycles. The molecule has 1 fully saturated rings. The van der Waals surface area contributed by atoms with E-state index in [4.69, 9.17) is 10.7 Å². The molecule has 0 bridgehead atoms. The quantitative estimate of drug-likeness (QED) is 0.643. The first-order chi connectivity index (χ1) is 14.2. The molecular weight excluding hydrogens is 358 g/mol.